The number of hydrogen-bond acceptors (Lipinski definition) is 5. The second-order valence-corrected chi connectivity index (χ2v) is 6.49. The third-order valence-corrected chi connectivity index (χ3v) is 4.58. The van der Waals surface area contributed by atoms with Crippen LogP contribution in [0.4, 0.5) is 0 Å². The maximum absolute atomic E-state index is 12.3. The Balaban J connectivity index is 1.44. The van der Waals surface area contributed by atoms with Gasteiger partial charge in [-0.1, -0.05) is 41.9 Å². The van der Waals surface area contributed by atoms with Gasteiger partial charge < -0.3 is 9.47 Å². The molecule has 2 heterocycles. The van der Waals surface area contributed by atoms with Crippen molar-refractivity contribution >= 4 is 23.7 Å². The number of aryl methyl sites for hydroxylation is 1. The SMILES string of the molecule is Cc1nn(-c2ccccc2)c(Cl)c1/C=N\NC(=O)[C@@H]1COc2ccccc2O1. The third-order valence-electron chi connectivity index (χ3n) is 4.22. The molecule has 1 aromatic heterocycles. The lowest BCUT2D eigenvalue weighted by atomic mass is 10.2. The normalized spacial score (nSPS) is 15.6. The van der Waals surface area contributed by atoms with Crippen molar-refractivity contribution in [1.82, 2.24) is 15.2 Å². The number of ether oxygens (including phenoxy) is 2. The summed E-state index contributed by atoms with van der Waals surface area (Å²) in [6, 6.07) is 16.7. The fourth-order valence-electron chi connectivity index (χ4n) is 2.78. The highest BCUT2D eigenvalue weighted by atomic mass is 35.5. The van der Waals surface area contributed by atoms with E-state index in [0.29, 0.717) is 27.9 Å². The van der Waals surface area contributed by atoms with E-state index < -0.39 is 12.0 Å². The molecule has 142 valence electrons. The minimum Gasteiger partial charge on any atom is -0.485 e. The number of hydrazone groups is 1. The second kappa shape index (κ2) is 7.74. The Kier molecular flexibility index (Phi) is 4.99. The zero-order valence-electron chi connectivity index (χ0n) is 15.0. The van der Waals surface area contributed by atoms with E-state index >= 15 is 0 Å². The summed E-state index contributed by atoms with van der Waals surface area (Å²) in [7, 11) is 0. The minimum atomic E-state index is -0.782. The van der Waals surface area contributed by atoms with Crippen molar-refractivity contribution in [3.05, 3.63) is 71.0 Å². The van der Waals surface area contributed by atoms with E-state index in [-0.39, 0.29) is 6.61 Å². The van der Waals surface area contributed by atoms with Crippen molar-refractivity contribution in [3.63, 3.8) is 0 Å². The van der Waals surface area contributed by atoms with E-state index in [1.54, 1.807) is 16.8 Å². The Bertz CT molecular complexity index is 1030. The summed E-state index contributed by atoms with van der Waals surface area (Å²) in [4.78, 5) is 12.3. The molecule has 1 aliphatic heterocycles. The molecule has 0 saturated heterocycles. The lowest BCUT2D eigenvalue weighted by Crippen LogP contribution is -2.42. The number of fused-ring (bicyclic) bond motifs is 1. The first-order chi connectivity index (χ1) is 13.6. The van der Waals surface area contributed by atoms with Crippen LogP contribution in [-0.4, -0.2) is 34.6 Å². The Morgan fingerprint density at radius 2 is 1.93 bits per heavy atom. The number of nitrogens with zero attached hydrogens (tertiary/aromatic N) is 3. The van der Waals surface area contributed by atoms with Crippen LogP contribution in [-0.2, 0) is 4.79 Å². The molecule has 1 atom stereocenters. The fraction of sp³-hybridized carbons (Fsp3) is 0.150. The standard InChI is InChI=1S/C20H17ClN4O3/c1-13-15(19(21)25(24-13)14-7-3-2-4-8-14)11-22-23-20(26)18-12-27-16-9-5-6-10-17(16)28-18/h2-11,18H,12H2,1H3,(H,23,26)/b22-11-/t18-/m0/s1. The number of carbonyl (C=O) groups excluding carboxylic acids is 1. The Hall–Kier alpha value is -3.32. The Morgan fingerprint density at radius 3 is 2.71 bits per heavy atom. The summed E-state index contributed by atoms with van der Waals surface area (Å²) >= 11 is 6.44. The highest BCUT2D eigenvalue weighted by molar-refractivity contribution is 6.32. The molecule has 28 heavy (non-hydrogen) atoms. The number of hydrogen-bond donors (Lipinski definition) is 1. The lowest BCUT2D eigenvalue weighted by Gasteiger charge is -2.24. The molecule has 1 aliphatic rings. The van der Waals surface area contributed by atoms with Gasteiger partial charge in [0, 0.05) is 0 Å². The van der Waals surface area contributed by atoms with E-state index in [2.05, 4.69) is 15.6 Å². The Labute approximate surface area is 166 Å². The molecule has 0 unspecified atom stereocenters. The zero-order chi connectivity index (χ0) is 19.5. The molecule has 0 radical (unpaired) electrons. The smallest absolute Gasteiger partial charge is 0.284 e. The summed E-state index contributed by atoms with van der Waals surface area (Å²) in [6.45, 7) is 1.94. The molecule has 0 aliphatic carbocycles. The molecule has 0 spiro atoms. The molecule has 0 saturated carbocycles. The molecule has 0 bridgehead atoms. The van der Waals surface area contributed by atoms with Crippen molar-refractivity contribution in [2.24, 2.45) is 5.10 Å². The predicted octanol–water partition coefficient (Wildman–Crippen LogP) is 3.12. The van der Waals surface area contributed by atoms with Crippen molar-refractivity contribution in [1.29, 1.82) is 0 Å². The highest BCUT2D eigenvalue weighted by Crippen LogP contribution is 2.30. The number of aromatic nitrogens is 2. The van der Waals surface area contributed by atoms with Gasteiger partial charge in [0.25, 0.3) is 5.91 Å². The van der Waals surface area contributed by atoms with Gasteiger partial charge in [0.05, 0.1) is 23.2 Å². The van der Waals surface area contributed by atoms with Crippen LogP contribution in [0.3, 0.4) is 0 Å². The van der Waals surface area contributed by atoms with Crippen molar-refractivity contribution in [2.45, 2.75) is 13.0 Å². The first-order valence-corrected chi connectivity index (χ1v) is 9.03. The molecule has 0 fully saturated rings. The van der Waals surface area contributed by atoms with E-state index in [0.717, 1.165) is 5.69 Å². The van der Waals surface area contributed by atoms with Crippen LogP contribution < -0.4 is 14.9 Å². The average molecular weight is 397 g/mol. The van der Waals surface area contributed by atoms with Crippen LogP contribution in [0.15, 0.2) is 59.7 Å². The largest absolute Gasteiger partial charge is 0.485 e. The van der Waals surface area contributed by atoms with Gasteiger partial charge in [-0.2, -0.15) is 10.2 Å². The van der Waals surface area contributed by atoms with Crippen LogP contribution in [0.25, 0.3) is 5.69 Å². The fourth-order valence-corrected chi connectivity index (χ4v) is 3.10. The number of amides is 1. The number of nitrogens with one attached hydrogen (secondary N) is 1. The van der Waals surface area contributed by atoms with Gasteiger partial charge in [0.1, 0.15) is 11.8 Å². The predicted molar refractivity (Wildman–Crippen MR) is 105 cm³/mol. The molecule has 8 heteroatoms. The average Bonchev–Trinajstić information content (AvgIpc) is 3.02. The Morgan fingerprint density at radius 1 is 1.21 bits per heavy atom. The summed E-state index contributed by atoms with van der Waals surface area (Å²) in [6.07, 6.45) is 0.690. The van der Waals surface area contributed by atoms with Crippen molar-refractivity contribution in [3.8, 4) is 17.2 Å². The van der Waals surface area contributed by atoms with Gasteiger partial charge in [0.15, 0.2) is 11.5 Å². The quantitative estimate of drug-likeness (QED) is 0.543. The minimum absolute atomic E-state index is 0.115. The monoisotopic (exact) mass is 396 g/mol. The van der Waals surface area contributed by atoms with E-state index in [1.807, 2.05) is 49.4 Å². The highest BCUT2D eigenvalue weighted by Gasteiger charge is 2.27. The molecule has 7 nitrogen and oxygen atoms in total. The van der Waals surface area contributed by atoms with Gasteiger partial charge in [-0.25, -0.2) is 10.1 Å². The first kappa shape index (κ1) is 18.1. The molecule has 1 N–H and O–H groups in total. The molecule has 2 aromatic carbocycles. The van der Waals surface area contributed by atoms with Gasteiger partial charge in [-0.05, 0) is 31.2 Å². The van der Waals surface area contributed by atoms with Gasteiger partial charge in [-0.3, -0.25) is 4.79 Å². The van der Waals surface area contributed by atoms with E-state index in [9.17, 15) is 4.79 Å². The summed E-state index contributed by atoms with van der Waals surface area (Å²) in [5.41, 5.74) is 4.62. The number of carbonyl (C=O) groups is 1. The molecular weight excluding hydrogens is 380 g/mol. The van der Waals surface area contributed by atoms with Crippen LogP contribution in [0.5, 0.6) is 11.5 Å². The number of benzene rings is 2. The summed E-state index contributed by atoms with van der Waals surface area (Å²) in [5, 5.41) is 8.84. The van der Waals surface area contributed by atoms with Crippen LogP contribution in [0.1, 0.15) is 11.3 Å². The van der Waals surface area contributed by atoms with Gasteiger partial charge in [0.2, 0.25) is 6.10 Å². The first-order valence-electron chi connectivity index (χ1n) is 8.65. The topological polar surface area (TPSA) is 77.7 Å². The number of rotatable bonds is 4. The third kappa shape index (κ3) is 3.57. The van der Waals surface area contributed by atoms with Gasteiger partial charge in [-0.15, -0.1) is 0 Å². The summed E-state index contributed by atoms with van der Waals surface area (Å²) < 4.78 is 12.8. The second-order valence-electron chi connectivity index (χ2n) is 6.14. The zero-order valence-corrected chi connectivity index (χ0v) is 15.8. The van der Waals surface area contributed by atoms with Crippen LogP contribution in [0, 0.1) is 6.92 Å². The van der Waals surface area contributed by atoms with Gasteiger partial charge >= 0.3 is 0 Å². The molecule has 4 rings (SSSR count). The van der Waals surface area contributed by atoms with E-state index in [4.69, 9.17) is 21.1 Å². The maximum atomic E-state index is 12.3. The number of halogens is 1. The van der Waals surface area contributed by atoms with Crippen LogP contribution >= 0.6 is 11.6 Å². The van der Waals surface area contributed by atoms with Crippen molar-refractivity contribution < 1.29 is 14.3 Å². The molecule has 1 amide bonds. The maximum Gasteiger partial charge on any atom is 0.284 e. The van der Waals surface area contributed by atoms with E-state index in [1.165, 1.54) is 6.21 Å². The number of para-hydroxylation sites is 3. The lowest BCUT2D eigenvalue weighted by molar-refractivity contribution is -0.130. The molecule has 3 aromatic rings. The van der Waals surface area contributed by atoms with Crippen LogP contribution in [0.2, 0.25) is 5.15 Å². The summed E-state index contributed by atoms with van der Waals surface area (Å²) in [5.74, 6) is 0.738. The van der Waals surface area contributed by atoms with Crippen molar-refractivity contribution in [2.75, 3.05) is 6.61 Å². The molecular formula is C20H17ClN4O3.